The van der Waals surface area contributed by atoms with Gasteiger partial charge >= 0.3 is 0 Å². The Hall–Kier alpha value is -1.88. The predicted octanol–water partition coefficient (Wildman–Crippen LogP) is 4.75. The second kappa shape index (κ2) is 10.4. The number of imide groups is 1. The van der Waals surface area contributed by atoms with Crippen molar-refractivity contribution in [3.63, 3.8) is 0 Å². The highest BCUT2D eigenvalue weighted by molar-refractivity contribution is 5.98. The van der Waals surface area contributed by atoms with Crippen LogP contribution in [-0.2, 0) is 22.4 Å². The number of benzene rings is 1. The summed E-state index contributed by atoms with van der Waals surface area (Å²) >= 11 is 0. The highest BCUT2D eigenvalue weighted by atomic mass is 16.5. The van der Waals surface area contributed by atoms with Gasteiger partial charge in [0.1, 0.15) is 12.4 Å². The normalized spacial score (nSPS) is 22.5. The van der Waals surface area contributed by atoms with Crippen LogP contribution >= 0.6 is 0 Å². The maximum Gasteiger partial charge on any atom is 0.229 e. The first-order chi connectivity index (χ1) is 15.5. The van der Waals surface area contributed by atoms with E-state index in [0.717, 1.165) is 70.4 Å². The Morgan fingerprint density at radius 3 is 2.50 bits per heavy atom. The van der Waals surface area contributed by atoms with Crippen LogP contribution in [0.15, 0.2) is 18.2 Å². The lowest BCUT2D eigenvalue weighted by Crippen LogP contribution is -2.47. The van der Waals surface area contributed by atoms with Crippen molar-refractivity contribution in [3.8, 4) is 5.75 Å². The zero-order valence-corrected chi connectivity index (χ0v) is 20.0. The predicted molar refractivity (Wildman–Crippen MR) is 127 cm³/mol. The molecule has 2 heterocycles. The van der Waals surface area contributed by atoms with Crippen molar-refractivity contribution < 1.29 is 14.3 Å². The van der Waals surface area contributed by atoms with Crippen LogP contribution in [-0.4, -0.2) is 53.9 Å². The third-order valence-corrected chi connectivity index (χ3v) is 7.90. The minimum atomic E-state index is -0.00277. The van der Waals surface area contributed by atoms with E-state index in [4.69, 9.17) is 4.74 Å². The number of carbonyl (C=O) groups is 2. The Bertz CT molecular complexity index is 781. The third-order valence-electron chi connectivity index (χ3n) is 7.90. The van der Waals surface area contributed by atoms with E-state index < -0.39 is 0 Å². The van der Waals surface area contributed by atoms with Gasteiger partial charge in [-0.3, -0.25) is 19.4 Å². The van der Waals surface area contributed by atoms with E-state index in [1.807, 2.05) is 0 Å². The number of aryl methyl sites for hydroxylation is 1. The molecular weight excluding hydrogens is 400 g/mol. The van der Waals surface area contributed by atoms with Gasteiger partial charge in [-0.15, -0.1) is 0 Å². The molecule has 32 heavy (non-hydrogen) atoms. The second-order valence-corrected chi connectivity index (χ2v) is 10.2. The van der Waals surface area contributed by atoms with Crippen LogP contribution < -0.4 is 4.74 Å². The van der Waals surface area contributed by atoms with Gasteiger partial charge < -0.3 is 4.74 Å². The van der Waals surface area contributed by atoms with Gasteiger partial charge in [-0.1, -0.05) is 38.8 Å². The number of fused-ring (bicyclic) bond motifs is 1. The van der Waals surface area contributed by atoms with Crippen LogP contribution in [0, 0.1) is 5.41 Å². The first kappa shape index (κ1) is 23.3. The van der Waals surface area contributed by atoms with E-state index >= 15 is 0 Å². The van der Waals surface area contributed by atoms with Crippen molar-refractivity contribution in [2.45, 2.75) is 90.5 Å². The van der Waals surface area contributed by atoms with Crippen molar-refractivity contribution >= 4 is 11.8 Å². The number of likely N-dealkylation sites (tertiary alicyclic amines) is 1. The second-order valence-electron chi connectivity index (χ2n) is 10.2. The number of hydrogen-bond acceptors (Lipinski definition) is 4. The number of amides is 2. The number of ether oxygens (including phenoxy) is 1. The molecule has 1 spiro atoms. The van der Waals surface area contributed by atoms with Crippen LogP contribution in [0.1, 0.15) is 82.8 Å². The average molecular weight is 441 g/mol. The van der Waals surface area contributed by atoms with Crippen molar-refractivity contribution in [1.82, 2.24) is 9.80 Å². The van der Waals surface area contributed by atoms with Crippen molar-refractivity contribution in [3.05, 3.63) is 29.3 Å². The molecule has 0 aromatic heterocycles. The molecule has 1 unspecified atom stereocenters. The van der Waals surface area contributed by atoms with Crippen molar-refractivity contribution in [1.29, 1.82) is 0 Å². The SMILES string of the molecule is CCCN(CCCCN1C(=O)CC2(CCCC2)CC1=O)C1COc2cccc(CC)c2C1. The molecule has 2 amide bonds. The molecule has 1 aromatic rings. The van der Waals surface area contributed by atoms with Gasteiger partial charge in [-0.25, -0.2) is 0 Å². The first-order valence-corrected chi connectivity index (χ1v) is 12.9. The Morgan fingerprint density at radius 2 is 1.81 bits per heavy atom. The molecule has 176 valence electrons. The zero-order chi connectivity index (χ0) is 22.6. The molecular formula is C27H40N2O3. The van der Waals surface area contributed by atoms with Crippen molar-refractivity contribution in [2.75, 3.05) is 26.2 Å². The van der Waals surface area contributed by atoms with Gasteiger partial charge in [-0.2, -0.15) is 0 Å². The lowest BCUT2D eigenvalue weighted by Gasteiger charge is -2.37. The molecule has 1 atom stereocenters. The molecule has 0 N–H and O–H groups in total. The highest BCUT2D eigenvalue weighted by Crippen LogP contribution is 2.46. The van der Waals surface area contributed by atoms with Gasteiger partial charge in [0.15, 0.2) is 0 Å². The molecule has 1 aromatic carbocycles. The number of carbonyl (C=O) groups excluding carboxylic acids is 2. The lowest BCUT2D eigenvalue weighted by molar-refractivity contribution is -0.153. The van der Waals surface area contributed by atoms with E-state index in [-0.39, 0.29) is 17.2 Å². The molecule has 1 aliphatic carbocycles. The Morgan fingerprint density at radius 1 is 1.06 bits per heavy atom. The summed E-state index contributed by atoms with van der Waals surface area (Å²) in [5.41, 5.74) is 2.76. The monoisotopic (exact) mass is 440 g/mol. The summed E-state index contributed by atoms with van der Waals surface area (Å²) in [7, 11) is 0. The Labute approximate surface area is 193 Å². The van der Waals surface area contributed by atoms with Crippen LogP contribution in [0.25, 0.3) is 0 Å². The van der Waals surface area contributed by atoms with E-state index in [1.165, 1.54) is 24.0 Å². The molecule has 1 saturated heterocycles. The Kier molecular flexibility index (Phi) is 7.55. The van der Waals surface area contributed by atoms with E-state index in [9.17, 15) is 9.59 Å². The smallest absolute Gasteiger partial charge is 0.229 e. The summed E-state index contributed by atoms with van der Waals surface area (Å²) in [4.78, 5) is 29.5. The fourth-order valence-electron chi connectivity index (χ4n) is 6.14. The summed E-state index contributed by atoms with van der Waals surface area (Å²) in [5, 5.41) is 0. The molecule has 0 bridgehead atoms. The molecule has 1 saturated carbocycles. The van der Waals surface area contributed by atoms with Gasteiger partial charge in [0.05, 0.1) is 0 Å². The van der Waals surface area contributed by atoms with Gasteiger partial charge in [0.2, 0.25) is 11.8 Å². The van der Waals surface area contributed by atoms with Gasteiger partial charge in [0, 0.05) is 25.4 Å². The Balaban J connectivity index is 1.28. The molecule has 4 rings (SSSR count). The van der Waals surface area contributed by atoms with E-state index in [2.05, 4.69) is 36.9 Å². The zero-order valence-electron chi connectivity index (χ0n) is 20.0. The summed E-state index contributed by atoms with van der Waals surface area (Å²) in [6, 6.07) is 6.81. The molecule has 0 radical (unpaired) electrons. The van der Waals surface area contributed by atoms with E-state index in [0.29, 0.717) is 25.4 Å². The number of piperidine rings is 1. The summed E-state index contributed by atoms with van der Waals surface area (Å²) in [5.74, 6) is 1.19. The van der Waals surface area contributed by atoms with Crippen LogP contribution in [0.3, 0.4) is 0 Å². The number of nitrogens with zero attached hydrogens (tertiary/aromatic N) is 2. The third kappa shape index (κ3) is 5.03. The minimum Gasteiger partial charge on any atom is -0.492 e. The van der Waals surface area contributed by atoms with Gasteiger partial charge in [0.25, 0.3) is 0 Å². The highest BCUT2D eigenvalue weighted by Gasteiger charge is 2.44. The lowest BCUT2D eigenvalue weighted by atomic mass is 9.76. The largest absolute Gasteiger partial charge is 0.492 e. The van der Waals surface area contributed by atoms with Crippen LogP contribution in [0.2, 0.25) is 0 Å². The molecule has 5 nitrogen and oxygen atoms in total. The van der Waals surface area contributed by atoms with Crippen molar-refractivity contribution in [2.24, 2.45) is 5.41 Å². The fourth-order valence-corrected chi connectivity index (χ4v) is 6.14. The quantitative estimate of drug-likeness (QED) is 0.411. The van der Waals surface area contributed by atoms with E-state index in [1.54, 1.807) is 4.90 Å². The van der Waals surface area contributed by atoms with Gasteiger partial charge in [-0.05, 0) is 80.6 Å². The molecule has 3 aliphatic rings. The summed E-state index contributed by atoms with van der Waals surface area (Å²) < 4.78 is 6.14. The van der Waals surface area contributed by atoms with Crippen LogP contribution in [0.4, 0.5) is 0 Å². The fraction of sp³-hybridized carbons (Fsp3) is 0.704. The summed E-state index contributed by atoms with van der Waals surface area (Å²) in [6.45, 7) is 7.81. The van der Waals surface area contributed by atoms with Crippen LogP contribution in [0.5, 0.6) is 5.75 Å². The average Bonchev–Trinajstić information content (AvgIpc) is 3.23. The minimum absolute atomic E-state index is 0.00277. The maximum atomic E-state index is 12.7. The summed E-state index contributed by atoms with van der Waals surface area (Å²) in [6.07, 6.45) is 10.7. The maximum absolute atomic E-state index is 12.7. The molecule has 2 fully saturated rings. The number of rotatable bonds is 9. The molecule has 5 heteroatoms. The molecule has 2 aliphatic heterocycles. The standard InChI is InChI=1S/C27H40N2O3/c1-3-14-28(22-17-23-21(4-2)10-9-11-24(23)32-20-22)15-7-8-16-29-25(30)18-27(19-26(29)31)12-5-6-13-27/h9-11,22H,3-8,12-20H2,1-2H3. The number of unbranched alkanes of at least 4 members (excludes halogenated alkanes) is 1. The number of hydrogen-bond donors (Lipinski definition) is 0. The first-order valence-electron chi connectivity index (χ1n) is 12.9. The topological polar surface area (TPSA) is 49.9 Å².